The van der Waals surface area contributed by atoms with Gasteiger partial charge in [0.2, 0.25) is 5.95 Å². The van der Waals surface area contributed by atoms with Gasteiger partial charge in [-0.1, -0.05) is 6.07 Å². The maximum Gasteiger partial charge on any atom is 0.259 e. The second kappa shape index (κ2) is 8.31. The van der Waals surface area contributed by atoms with Gasteiger partial charge in [0.1, 0.15) is 6.33 Å². The first-order chi connectivity index (χ1) is 16.0. The van der Waals surface area contributed by atoms with E-state index in [0.29, 0.717) is 23.8 Å². The van der Waals surface area contributed by atoms with Crippen molar-refractivity contribution in [3.05, 3.63) is 94.7 Å². The van der Waals surface area contributed by atoms with Gasteiger partial charge in [0.25, 0.3) is 5.56 Å². The molecule has 1 N–H and O–H groups in total. The average Bonchev–Trinajstić information content (AvgIpc) is 3.22. The molecule has 5 aromatic rings. The van der Waals surface area contributed by atoms with E-state index in [9.17, 15) is 4.79 Å². The predicted molar refractivity (Wildman–Crippen MR) is 128 cm³/mol. The molecule has 5 aromatic heterocycles. The lowest BCUT2D eigenvalue weighted by Gasteiger charge is -2.10. The summed E-state index contributed by atoms with van der Waals surface area (Å²) in [6.45, 7) is 4.61. The standard InChI is InChI=1S/C25H23N7O/c1-16-9-18(12-27-23(16)19-6-7-26-17(2)10-19)13-28-25-29-14-20-11-22(30-15-32(20)25)21-5-4-8-31(3)24(21)33/h4-12,14-15H,13H2,1-3H3,(H,28,29). The average molecular weight is 438 g/mol. The third kappa shape index (κ3) is 3.98. The Hall–Kier alpha value is -4.33. The molecule has 33 heavy (non-hydrogen) atoms. The van der Waals surface area contributed by atoms with Crippen LogP contribution in [0, 0.1) is 13.8 Å². The van der Waals surface area contributed by atoms with Crippen LogP contribution < -0.4 is 10.9 Å². The Kier molecular flexibility index (Phi) is 5.18. The van der Waals surface area contributed by atoms with Gasteiger partial charge < -0.3 is 9.88 Å². The Bertz CT molecular complexity index is 1530. The molecule has 0 bridgehead atoms. The van der Waals surface area contributed by atoms with Crippen molar-refractivity contribution in [3.63, 3.8) is 0 Å². The number of fused-ring (bicyclic) bond motifs is 1. The quantitative estimate of drug-likeness (QED) is 0.450. The SMILES string of the molecule is Cc1cc(-c2ncc(CNc3ncc4cc(-c5cccn(C)c5=O)ncn34)cc2C)ccn1. The van der Waals surface area contributed by atoms with Gasteiger partial charge in [-0.2, -0.15) is 0 Å². The highest BCUT2D eigenvalue weighted by Gasteiger charge is 2.10. The fourth-order valence-corrected chi connectivity index (χ4v) is 3.88. The van der Waals surface area contributed by atoms with E-state index >= 15 is 0 Å². The molecule has 0 aliphatic heterocycles. The van der Waals surface area contributed by atoms with E-state index in [-0.39, 0.29) is 5.56 Å². The number of anilines is 1. The van der Waals surface area contributed by atoms with Crippen LogP contribution in [-0.4, -0.2) is 28.9 Å². The number of aryl methyl sites for hydroxylation is 3. The van der Waals surface area contributed by atoms with Gasteiger partial charge in [-0.15, -0.1) is 0 Å². The molecule has 0 atom stereocenters. The van der Waals surface area contributed by atoms with Crippen LogP contribution in [0.2, 0.25) is 0 Å². The molecule has 0 aliphatic rings. The smallest absolute Gasteiger partial charge is 0.259 e. The molecule has 0 fully saturated rings. The first kappa shape index (κ1) is 20.6. The molecule has 5 heterocycles. The van der Waals surface area contributed by atoms with E-state index in [2.05, 4.69) is 38.2 Å². The zero-order valence-electron chi connectivity index (χ0n) is 18.6. The van der Waals surface area contributed by atoms with Gasteiger partial charge in [-0.3, -0.25) is 19.2 Å². The van der Waals surface area contributed by atoms with Gasteiger partial charge in [0, 0.05) is 43.4 Å². The number of hydrogen-bond acceptors (Lipinski definition) is 6. The van der Waals surface area contributed by atoms with E-state index in [4.69, 9.17) is 0 Å². The minimum Gasteiger partial charge on any atom is -0.351 e. The zero-order chi connectivity index (χ0) is 22.9. The molecule has 8 nitrogen and oxygen atoms in total. The molecule has 0 aromatic carbocycles. The summed E-state index contributed by atoms with van der Waals surface area (Å²) in [5, 5.41) is 3.36. The van der Waals surface area contributed by atoms with E-state index < -0.39 is 0 Å². The minimum atomic E-state index is -0.0829. The van der Waals surface area contributed by atoms with Crippen molar-refractivity contribution in [1.82, 2.24) is 28.9 Å². The molecule has 164 valence electrons. The fraction of sp³-hybridized carbons (Fsp3) is 0.160. The normalized spacial score (nSPS) is 11.1. The number of rotatable bonds is 5. The third-order valence-electron chi connectivity index (χ3n) is 5.58. The van der Waals surface area contributed by atoms with Crippen LogP contribution in [0.3, 0.4) is 0 Å². The second-order valence-electron chi connectivity index (χ2n) is 8.04. The van der Waals surface area contributed by atoms with Crippen molar-refractivity contribution in [3.8, 4) is 22.5 Å². The van der Waals surface area contributed by atoms with Crippen molar-refractivity contribution in [2.75, 3.05) is 5.32 Å². The molecular weight excluding hydrogens is 414 g/mol. The number of imidazole rings is 1. The molecule has 0 saturated heterocycles. The van der Waals surface area contributed by atoms with Gasteiger partial charge >= 0.3 is 0 Å². The van der Waals surface area contributed by atoms with Crippen molar-refractivity contribution >= 4 is 11.5 Å². The van der Waals surface area contributed by atoms with E-state index in [1.165, 1.54) is 0 Å². The summed E-state index contributed by atoms with van der Waals surface area (Å²) in [6.07, 6.45) is 8.86. The Labute approximate surface area is 190 Å². The van der Waals surface area contributed by atoms with Crippen LogP contribution in [0.5, 0.6) is 0 Å². The molecule has 0 amide bonds. The summed E-state index contributed by atoms with van der Waals surface area (Å²) >= 11 is 0. The maximum absolute atomic E-state index is 12.4. The van der Waals surface area contributed by atoms with E-state index in [1.54, 1.807) is 42.6 Å². The summed E-state index contributed by atoms with van der Waals surface area (Å²) < 4.78 is 3.41. The first-order valence-electron chi connectivity index (χ1n) is 10.6. The lowest BCUT2D eigenvalue weighted by atomic mass is 10.1. The minimum absolute atomic E-state index is 0.0829. The number of aromatic nitrogens is 6. The fourth-order valence-electron chi connectivity index (χ4n) is 3.88. The molecule has 0 unspecified atom stereocenters. The monoisotopic (exact) mass is 437 g/mol. The van der Waals surface area contributed by atoms with Crippen molar-refractivity contribution < 1.29 is 0 Å². The Morgan fingerprint density at radius 3 is 2.70 bits per heavy atom. The van der Waals surface area contributed by atoms with E-state index in [1.807, 2.05) is 41.8 Å². The van der Waals surface area contributed by atoms with Gasteiger partial charge in [-0.05, 0) is 55.3 Å². The molecule has 0 saturated carbocycles. The largest absolute Gasteiger partial charge is 0.351 e. The number of nitrogens with zero attached hydrogens (tertiary/aromatic N) is 6. The summed E-state index contributed by atoms with van der Waals surface area (Å²) in [6, 6.07) is 11.6. The topological polar surface area (TPSA) is 90.0 Å². The van der Waals surface area contributed by atoms with Gasteiger partial charge in [0.15, 0.2) is 0 Å². The molecule has 8 heteroatoms. The summed E-state index contributed by atoms with van der Waals surface area (Å²) in [5.41, 5.74) is 7.09. The zero-order valence-corrected chi connectivity index (χ0v) is 18.6. The maximum atomic E-state index is 12.4. The number of hydrogen-bond donors (Lipinski definition) is 1. The van der Waals surface area contributed by atoms with Crippen LogP contribution in [0.25, 0.3) is 28.0 Å². The molecule has 0 radical (unpaired) electrons. The van der Waals surface area contributed by atoms with Crippen LogP contribution in [-0.2, 0) is 13.6 Å². The summed E-state index contributed by atoms with van der Waals surface area (Å²) in [4.78, 5) is 30.3. The van der Waals surface area contributed by atoms with E-state index in [0.717, 1.165) is 33.6 Å². The number of pyridine rings is 3. The number of nitrogens with one attached hydrogen (secondary N) is 1. The van der Waals surface area contributed by atoms with Crippen LogP contribution in [0.1, 0.15) is 16.8 Å². The molecule has 5 rings (SSSR count). The van der Waals surface area contributed by atoms with Crippen molar-refractivity contribution in [2.24, 2.45) is 7.05 Å². The second-order valence-corrected chi connectivity index (χ2v) is 8.04. The van der Waals surface area contributed by atoms with Crippen LogP contribution >= 0.6 is 0 Å². The van der Waals surface area contributed by atoms with Crippen molar-refractivity contribution in [1.29, 1.82) is 0 Å². The van der Waals surface area contributed by atoms with Gasteiger partial charge in [-0.25, -0.2) is 9.97 Å². The lowest BCUT2D eigenvalue weighted by Crippen LogP contribution is -2.17. The highest BCUT2D eigenvalue weighted by atomic mass is 16.1. The van der Waals surface area contributed by atoms with Gasteiger partial charge in [0.05, 0.1) is 28.7 Å². The molecule has 0 spiro atoms. The highest BCUT2D eigenvalue weighted by Crippen LogP contribution is 2.22. The first-order valence-corrected chi connectivity index (χ1v) is 10.6. The lowest BCUT2D eigenvalue weighted by molar-refractivity contribution is 0.861. The van der Waals surface area contributed by atoms with Crippen molar-refractivity contribution in [2.45, 2.75) is 20.4 Å². The predicted octanol–water partition coefficient (Wildman–Crippen LogP) is 3.78. The highest BCUT2D eigenvalue weighted by molar-refractivity contribution is 5.66. The third-order valence-corrected chi connectivity index (χ3v) is 5.58. The van der Waals surface area contributed by atoms with Crippen LogP contribution in [0.4, 0.5) is 5.95 Å². The summed E-state index contributed by atoms with van der Waals surface area (Å²) in [5.74, 6) is 0.677. The summed E-state index contributed by atoms with van der Waals surface area (Å²) in [7, 11) is 1.73. The Morgan fingerprint density at radius 2 is 1.88 bits per heavy atom. The molecular formula is C25H23N7O. The van der Waals surface area contributed by atoms with Crippen LogP contribution in [0.15, 0.2) is 72.3 Å². The Balaban J connectivity index is 1.36. The molecule has 0 aliphatic carbocycles. The Morgan fingerprint density at radius 1 is 1.00 bits per heavy atom.